The van der Waals surface area contributed by atoms with Crippen molar-refractivity contribution in [1.29, 1.82) is 0 Å². The summed E-state index contributed by atoms with van der Waals surface area (Å²) in [6.07, 6.45) is 3.17. The van der Waals surface area contributed by atoms with Crippen LogP contribution in [0.1, 0.15) is 12.8 Å². The van der Waals surface area contributed by atoms with E-state index in [0.717, 1.165) is 19.1 Å². The average molecular weight is 283 g/mol. The van der Waals surface area contributed by atoms with E-state index in [1.807, 2.05) is 0 Å². The van der Waals surface area contributed by atoms with Gasteiger partial charge in [-0.25, -0.2) is 13.2 Å². The number of amides is 2. The molecule has 0 bridgehead atoms. The third-order valence-corrected chi connectivity index (χ3v) is 3.37. The van der Waals surface area contributed by atoms with Crippen molar-refractivity contribution in [1.82, 2.24) is 5.32 Å². The van der Waals surface area contributed by atoms with Crippen molar-refractivity contribution in [3.63, 3.8) is 0 Å². The minimum Gasteiger partial charge on any atom is -0.335 e. The van der Waals surface area contributed by atoms with E-state index in [9.17, 15) is 13.2 Å². The van der Waals surface area contributed by atoms with Crippen molar-refractivity contribution >= 4 is 27.4 Å². The van der Waals surface area contributed by atoms with Gasteiger partial charge in [0.05, 0.1) is 6.26 Å². The molecular formula is C12H17N3O3S. The van der Waals surface area contributed by atoms with Crippen molar-refractivity contribution in [2.45, 2.75) is 18.9 Å². The first-order chi connectivity index (χ1) is 8.85. The van der Waals surface area contributed by atoms with Crippen molar-refractivity contribution in [2.75, 3.05) is 22.9 Å². The molecule has 1 saturated carbocycles. The SMILES string of the molecule is CN(C(=O)NC1CC1)c1ccc(NS(C)(=O)=O)cc1. The number of hydrogen-bond donors (Lipinski definition) is 2. The molecule has 0 atom stereocenters. The fourth-order valence-corrected chi connectivity index (χ4v) is 2.15. The molecule has 0 unspecified atom stereocenters. The summed E-state index contributed by atoms with van der Waals surface area (Å²) in [5.74, 6) is 0. The number of urea groups is 1. The number of carbonyl (C=O) groups is 1. The van der Waals surface area contributed by atoms with Gasteiger partial charge in [0.1, 0.15) is 0 Å². The van der Waals surface area contributed by atoms with Gasteiger partial charge in [0, 0.05) is 24.5 Å². The molecular weight excluding hydrogens is 266 g/mol. The van der Waals surface area contributed by atoms with Crippen LogP contribution >= 0.6 is 0 Å². The van der Waals surface area contributed by atoms with E-state index in [-0.39, 0.29) is 6.03 Å². The molecule has 19 heavy (non-hydrogen) atoms. The Morgan fingerprint density at radius 3 is 2.32 bits per heavy atom. The molecule has 104 valence electrons. The van der Waals surface area contributed by atoms with Crippen molar-refractivity contribution in [3.8, 4) is 0 Å². The first kappa shape index (κ1) is 13.7. The Balaban J connectivity index is 2.02. The molecule has 7 heteroatoms. The Morgan fingerprint density at radius 2 is 1.84 bits per heavy atom. The van der Waals surface area contributed by atoms with E-state index < -0.39 is 10.0 Å². The normalized spacial score (nSPS) is 14.8. The van der Waals surface area contributed by atoms with Crippen LogP contribution in [0.4, 0.5) is 16.2 Å². The van der Waals surface area contributed by atoms with Crippen LogP contribution in [0.5, 0.6) is 0 Å². The summed E-state index contributed by atoms with van der Waals surface area (Å²) in [6, 6.07) is 6.79. The molecule has 1 aliphatic rings. The highest BCUT2D eigenvalue weighted by molar-refractivity contribution is 7.92. The molecule has 2 rings (SSSR count). The van der Waals surface area contributed by atoms with Gasteiger partial charge in [-0.05, 0) is 37.1 Å². The van der Waals surface area contributed by atoms with Crippen LogP contribution in [0.2, 0.25) is 0 Å². The predicted molar refractivity (Wildman–Crippen MR) is 74.9 cm³/mol. The third kappa shape index (κ3) is 4.13. The van der Waals surface area contributed by atoms with E-state index in [1.54, 1.807) is 31.3 Å². The van der Waals surface area contributed by atoms with Crippen molar-refractivity contribution in [2.24, 2.45) is 0 Å². The summed E-state index contributed by atoms with van der Waals surface area (Å²) >= 11 is 0. The number of anilines is 2. The van der Waals surface area contributed by atoms with Crippen LogP contribution < -0.4 is 14.9 Å². The summed E-state index contributed by atoms with van der Waals surface area (Å²) in [5.41, 5.74) is 1.18. The van der Waals surface area contributed by atoms with Gasteiger partial charge in [0.2, 0.25) is 10.0 Å². The molecule has 1 aromatic carbocycles. The number of sulfonamides is 1. The predicted octanol–water partition coefficient (Wildman–Crippen LogP) is 1.37. The molecule has 6 nitrogen and oxygen atoms in total. The Kier molecular flexibility index (Phi) is 3.66. The van der Waals surface area contributed by atoms with E-state index in [2.05, 4.69) is 10.0 Å². The maximum atomic E-state index is 11.8. The highest BCUT2D eigenvalue weighted by Gasteiger charge is 2.25. The smallest absolute Gasteiger partial charge is 0.321 e. The van der Waals surface area contributed by atoms with E-state index in [4.69, 9.17) is 0 Å². The Morgan fingerprint density at radius 1 is 1.26 bits per heavy atom. The van der Waals surface area contributed by atoms with Gasteiger partial charge in [0.15, 0.2) is 0 Å². The summed E-state index contributed by atoms with van der Waals surface area (Å²) in [5, 5.41) is 2.88. The summed E-state index contributed by atoms with van der Waals surface area (Å²) in [4.78, 5) is 13.3. The maximum Gasteiger partial charge on any atom is 0.321 e. The summed E-state index contributed by atoms with van der Waals surface area (Å²) in [7, 11) is -1.60. The Bertz CT molecular complexity index is 564. The second kappa shape index (κ2) is 5.08. The number of hydrogen-bond acceptors (Lipinski definition) is 3. The molecule has 0 aromatic heterocycles. The fourth-order valence-electron chi connectivity index (χ4n) is 1.58. The average Bonchev–Trinajstić information content (AvgIpc) is 3.11. The van der Waals surface area contributed by atoms with Crippen LogP contribution in [-0.2, 0) is 10.0 Å². The number of rotatable bonds is 4. The van der Waals surface area contributed by atoms with Crippen LogP contribution in [0.25, 0.3) is 0 Å². The number of carbonyl (C=O) groups excluding carboxylic acids is 1. The zero-order valence-electron chi connectivity index (χ0n) is 10.9. The number of nitrogens with zero attached hydrogens (tertiary/aromatic N) is 1. The topological polar surface area (TPSA) is 78.5 Å². The lowest BCUT2D eigenvalue weighted by Gasteiger charge is -2.18. The van der Waals surface area contributed by atoms with Gasteiger partial charge in [-0.15, -0.1) is 0 Å². The molecule has 0 radical (unpaired) electrons. The first-order valence-corrected chi connectivity index (χ1v) is 7.86. The molecule has 0 heterocycles. The molecule has 2 amide bonds. The van der Waals surface area contributed by atoms with E-state index in [1.165, 1.54) is 4.90 Å². The standard InChI is InChI=1S/C12H17N3O3S/c1-15(12(16)13-9-3-4-9)11-7-5-10(6-8-11)14-19(2,17)18/h5-9,14H,3-4H2,1-2H3,(H,13,16). The van der Waals surface area contributed by atoms with Gasteiger partial charge in [0.25, 0.3) is 0 Å². The van der Waals surface area contributed by atoms with Crippen LogP contribution in [-0.4, -0.2) is 33.8 Å². The van der Waals surface area contributed by atoms with Crippen LogP contribution in [0.15, 0.2) is 24.3 Å². The number of benzene rings is 1. The minimum absolute atomic E-state index is 0.147. The highest BCUT2D eigenvalue weighted by Crippen LogP contribution is 2.21. The molecule has 1 aromatic rings. The molecule has 0 aliphatic heterocycles. The third-order valence-electron chi connectivity index (χ3n) is 2.77. The van der Waals surface area contributed by atoms with Gasteiger partial charge < -0.3 is 5.32 Å². The lowest BCUT2D eigenvalue weighted by Crippen LogP contribution is -2.38. The van der Waals surface area contributed by atoms with E-state index >= 15 is 0 Å². The van der Waals surface area contributed by atoms with Crippen LogP contribution in [0, 0.1) is 0 Å². The molecule has 0 saturated heterocycles. The second-order valence-electron chi connectivity index (χ2n) is 4.70. The van der Waals surface area contributed by atoms with Gasteiger partial charge >= 0.3 is 6.03 Å². The molecule has 2 N–H and O–H groups in total. The van der Waals surface area contributed by atoms with Crippen molar-refractivity contribution < 1.29 is 13.2 Å². The van der Waals surface area contributed by atoms with Crippen molar-refractivity contribution in [3.05, 3.63) is 24.3 Å². The Hall–Kier alpha value is -1.76. The fraction of sp³-hybridized carbons (Fsp3) is 0.417. The number of nitrogens with one attached hydrogen (secondary N) is 2. The second-order valence-corrected chi connectivity index (χ2v) is 6.45. The minimum atomic E-state index is -3.28. The van der Waals surface area contributed by atoms with Gasteiger partial charge in [-0.3, -0.25) is 9.62 Å². The highest BCUT2D eigenvalue weighted by atomic mass is 32.2. The largest absolute Gasteiger partial charge is 0.335 e. The zero-order chi connectivity index (χ0) is 14.0. The first-order valence-electron chi connectivity index (χ1n) is 5.97. The lowest BCUT2D eigenvalue weighted by atomic mass is 10.3. The van der Waals surface area contributed by atoms with Crippen LogP contribution in [0.3, 0.4) is 0 Å². The molecule has 1 aliphatic carbocycles. The molecule has 1 fully saturated rings. The molecule has 0 spiro atoms. The lowest BCUT2D eigenvalue weighted by molar-refractivity contribution is 0.247. The van der Waals surface area contributed by atoms with Gasteiger partial charge in [-0.1, -0.05) is 0 Å². The summed E-state index contributed by atoms with van der Waals surface area (Å²) in [6.45, 7) is 0. The maximum absolute atomic E-state index is 11.8. The zero-order valence-corrected chi connectivity index (χ0v) is 11.7. The van der Waals surface area contributed by atoms with E-state index in [0.29, 0.717) is 17.4 Å². The quantitative estimate of drug-likeness (QED) is 0.876. The Labute approximate surface area is 112 Å². The van der Waals surface area contributed by atoms with Gasteiger partial charge in [-0.2, -0.15) is 0 Å². The monoisotopic (exact) mass is 283 g/mol. The summed E-state index contributed by atoms with van der Waals surface area (Å²) < 4.78 is 24.5.